The number of nitrogens with zero attached hydrogens (tertiary/aromatic N) is 1. The first kappa shape index (κ1) is 17.2. The van der Waals surface area contributed by atoms with Crippen molar-refractivity contribution in [1.82, 2.24) is 4.90 Å². The number of phenolic OH excluding ortho intramolecular Hbond substituents is 1. The molecule has 0 aromatic heterocycles. The van der Waals surface area contributed by atoms with Crippen LogP contribution >= 0.6 is 11.6 Å². The monoisotopic (exact) mass is 347 g/mol. The maximum absolute atomic E-state index is 13.6. The van der Waals surface area contributed by atoms with Gasteiger partial charge < -0.3 is 10.0 Å². The molecule has 7 heteroatoms. The Bertz CT molecular complexity index is 596. The second kappa shape index (κ2) is 6.54. The van der Waals surface area contributed by atoms with E-state index < -0.39 is 27.1 Å². The van der Waals surface area contributed by atoms with Crippen molar-refractivity contribution in [1.29, 1.82) is 0 Å². The lowest BCUT2D eigenvalue weighted by atomic mass is 10.0. The van der Waals surface area contributed by atoms with Crippen molar-refractivity contribution in [2.75, 3.05) is 18.8 Å². The van der Waals surface area contributed by atoms with Crippen molar-refractivity contribution in [2.45, 2.75) is 31.4 Å². The smallest absolute Gasteiger partial charge is 0.254 e. The summed E-state index contributed by atoms with van der Waals surface area (Å²) in [7, 11) is -0.977. The van der Waals surface area contributed by atoms with Gasteiger partial charge in [-0.2, -0.15) is 0 Å². The van der Waals surface area contributed by atoms with Crippen LogP contribution in [0.5, 0.6) is 5.75 Å². The summed E-state index contributed by atoms with van der Waals surface area (Å²) in [6.07, 6.45) is 1.43. The van der Waals surface area contributed by atoms with Crippen LogP contribution in [0.3, 0.4) is 0 Å². The zero-order valence-electron chi connectivity index (χ0n) is 12.6. The van der Waals surface area contributed by atoms with Gasteiger partial charge in [0.2, 0.25) is 0 Å². The third-order valence-corrected chi connectivity index (χ3v) is 6.86. The second-order valence-electron chi connectivity index (χ2n) is 5.45. The maximum atomic E-state index is 13.6. The first-order valence-electron chi connectivity index (χ1n) is 7.20. The number of rotatable bonds is 3. The van der Waals surface area contributed by atoms with Gasteiger partial charge in [-0.25, -0.2) is 4.39 Å². The number of carbonyl (C=O) groups excluding carboxylic acids is 1. The molecule has 1 amide bonds. The molecule has 0 aliphatic carbocycles. The van der Waals surface area contributed by atoms with Crippen molar-refractivity contribution >= 4 is 28.3 Å². The van der Waals surface area contributed by atoms with Crippen LogP contribution in [0.25, 0.3) is 0 Å². The fourth-order valence-corrected chi connectivity index (χ4v) is 4.72. The molecule has 0 unspecified atom stereocenters. The van der Waals surface area contributed by atoms with E-state index >= 15 is 0 Å². The molecule has 122 valence electrons. The summed E-state index contributed by atoms with van der Waals surface area (Å²) in [5.74, 6) is -1.52. The van der Waals surface area contributed by atoms with Gasteiger partial charge in [0, 0.05) is 35.2 Å². The van der Waals surface area contributed by atoms with Crippen molar-refractivity contribution < 1.29 is 18.5 Å². The average Bonchev–Trinajstić information content (AvgIpc) is 2.52. The van der Waals surface area contributed by atoms with Crippen LogP contribution in [0.4, 0.5) is 4.39 Å². The van der Waals surface area contributed by atoms with Crippen LogP contribution in [-0.4, -0.2) is 43.7 Å². The molecule has 1 atom stereocenters. The molecule has 0 saturated carbocycles. The Labute approximate surface area is 136 Å². The number of phenols is 1. The SMILES string of the molecule is CCC1(CC)CN(C(=O)c2cc(F)c(O)c(Cl)c2)CC[S@@]1=O. The van der Waals surface area contributed by atoms with E-state index in [0.717, 1.165) is 6.07 Å². The summed E-state index contributed by atoms with van der Waals surface area (Å²) < 4.78 is 25.4. The van der Waals surface area contributed by atoms with E-state index in [-0.39, 0.29) is 16.5 Å². The Morgan fingerprint density at radius 3 is 2.64 bits per heavy atom. The van der Waals surface area contributed by atoms with E-state index in [1.165, 1.54) is 6.07 Å². The number of hydrogen-bond donors (Lipinski definition) is 1. The Balaban J connectivity index is 2.29. The van der Waals surface area contributed by atoms with Crippen LogP contribution in [0.1, 0.15) is 37.0 Å². The number of carbonyl (C=O) groups is 1. The Hall–Kier alpha value is -1.14. The maximum Gasteiger partial charge on any atom is 0.254 e. The molecule has 1 aliphatic rings. The normalized spacial score (nSPS) is 20.9. The highest BCUT2D eigenvalue weighted by atomic mass is 35.5. The van der Waals surface area contributed by atoms with Gasteiger partial charge in [-0.1, -0.05) is 25.4 Å². The Morgan fingerprint density at radius 1 is 1.45 bits per heavy atom. The average molecular weight is 348 g/mol. The second-order valence-corrected chi connectivity index (χ2v) is 7.83. The fraction of sp³-hybridized carbons (Fsp3) is 0.533. The lowest BCUT2D eigenvalue weighted by Crippen LogP contribution is -2.54. The Morgan fingerprint density at radius 2 is 2.09 bits per heavy atom. The first-order valence-corrected chi connectivity index (χ1v) is 8.90. The van der Waals surface area contributed by atoms with Gasteiger partial charge in [-0.15, -0.1) is 0 Å². The number of hydrogen-bond acceptors (Lipinski definition) is 3. The highest BCUT2D eigenvalue weighted by Crippen LogP contribution is 2.31. The molecule has 1 heterocycles. The summed E-state index contributed by atoms with van der Waals surface area (Å²) in [6.45, 7) is 4.68. The van der Waals surface area contributed by atoms with Gasteiger partial charge in [-0.05, 0) is 25.0 Å². The predicted octanol–water partition coefficient (Wildman–Crippen LogP) is 2.95. The largest absolute Gasteiger partial charge is 0.504 e. The van der Waals surface area contributed by atoms with E-state index in [2.05, 4.69) is 0 Å². The molecule has 1 saturated heterocycles. The summed E-state index contributed by atoms with van der Waals surface area (Å²) in [5, 5.41) is 9.15. The van der Waals surface area contributed by atoms with E-state index in [1.807, 2.05) is 13.8 Å². The molecule has 1 N–H and O–H groups in total. The van der Waals surface area contributed by atoms with Crippen molar-refractivity contribution in [3.8, 4) is 5.75 Å². The van der Waals surface area contributed by atoms with Crippen LogP contribution in [0.2, 0.25) is 5.02 Å². The van der Waals surface area contributed by atoms with Crippen molar-refractivity contribution in [3.05, 3.63) is 28.5 Å². The molecule has 1 fully saturated rings. The molecule has 0 radical (unpaired) electrons. The third-order valence-electron chi connectivity index (χ3n) is 4.35. The highest BCUT2D eigenvalue weighted by Gasteiger charge is 2.40. The molecular weight excluding hydrogens is 329 g/mol. The van der Waals surface area contributed by atoms with Gasteiger partial charge in [0.15, 0.2) is 11.6 Å². The first-order chi connectivity index (χ1) is 10.3. The van der Waals surface area contributed by atoms with E-state index in [4.69, 9.17) is 11.6 Å². The summed E-state index contributed by atoms with van der Waals surface area (Å²) in [5.41, 5.74) is 0.0917. The zero-order chi connectivity index (χ0) is 16.5. The topological polar surface area (TPSA) is 57.6 Å². The van der Waals surface area contributed by atoms with E-state index in [1.54, 1.807) is 4.90 Å². The predicted molar refractivity (Wildman–Crippen MR) is 85.3 cm³/mol. The summed E-state index contributed by atoms with van der Waals surface area (Å²) in [4.78, 5) is 14.2. The van der Waals surface area contributed by atoms with E-state index in [0.29, 0.717) is 31.7 Å². The molecule has 22 heavy (non-hydrogen) atoms. The van der Waals surface area contributed by atoms with Crippen LogP contribution in [0.15, 0.2) is 12.1 Å². The van der Waals surface area contributed by atoms with Gasteiger partial charge >= 0.3 is 0 Å². The third kappa shape index (κ3) is 2.99. The molecule has 1 aromatic rings. The molecule has 4 nitrogen and oxygen atoms in total. The fourth-order valence-electron chi connectivity index (χ4n) is 2.75. The zero-order valence-corrected chi connectivity index (χ0v) is 14.1. The highest BCUT2D eigenvalue weighted by molar-refractivity contribution is 7.86. The van der Waals surface area contributed by atoms with Crippen LogP contribution in [0, 0.1) is 5.82 Å². The van der Waals surface area contributed by atoms with Gasteiger partial charge in [0.25, 0.3) is 5.91 Å². The number of benzene rings is 1. The Kier molecular flexibility index (Phi) is 5.12. The van der Waals surface area contributed by atoms with Gasteiger partial charge in [0.1, 0.15) is 0 Å². The molecule has 0 bridgehead atoms. The van der Waals surface area contributed by atoms with Gasteiger partial charge in [0.05, 0.1) is 9.77 Å². The lowest BCUT2D eigenvalue weighted by molar-refractivity contribution is 0.0735. The molecule has 1 aromatic carbocycles. The van der Waals surface area contributed by atoms with Crippen molar-refractivity contribution in [3.63, 3.8) is 0 Å². The van der Waals surface area contributed by atoms with Crippen LogP contribution in [-0.2, 0) is 10.8 Å². The standard InChI is InChI=1S/C15H19ClFNO3S/c1-3-15(4-2)9-18(5-6-22(15)21)14(20)10-7-11(16)13(19)12(17)8-10/h7-8,19H,3-6,9H2,1-2H3/t22-/m0/s1. The summed E-state index contributed by atoms with van der Waals surface area (Å²) >= 11 is 5.73. The minimum absolute atomic E-state index is 0.0917. The quantitative estimate of drug-likeness (QED) is 0.914. The summed E-state index contributed by atoms with van der Waals surface area (Å²) in [6, 6.07) is 2.24. The number of amides is 1. The molecule has 2 rings (SSSR count). The van der Waals surface area contributed by atoms with Gasteiger partial charge in [-0.3, -0.25) is 9.00 Å². The number of halogens is 2. The molecular formula is C15H19ClFNO3S. The minimum atomic E-state index is -0.977. The molecule has 1 aliphatic heterocycles. The molecule has 0 spiro atoms. The number of aromatic hydroxyl groups is 1. The van der Waals surface area contributed by atoms with Crippen LogP contribution < -0.4 is 0 Å². The van der Waals surface area contributed by atoms with E-state index in [9.17, 15) is 18.5 Å². The van der Waals surface area contributed by atoms with Crippen molar-refractivity contribution in [2.24, 2.45) is 0 Å². The minimum Gasteiger partial charge on any atom is -0.504 e. The lowest BCUT2D eigenvalue weighted by Gasteiger charge is -2.41.